The molecule has 3 amide bonds. The van der Waals surface area contributed by atoms with Crippen molar-refractivity contribution < 1.29 is 19.1 Å². The zero-order valence-electron chi connectivity index (χ0n) is 19.0. The van der Waals surface area contributed by atoms with Crippen LogP contribution in [-0.2, 0) is 14.3 Å². The second kappa shape index (κ2) is 9.84. The maximum atomic E-state index is 12.8. The van der Waals surface area contributed by atoms with Gasteiger partial charge >= 0.3 is 6.09 Å². The number of amides is 3. The van der Waals surface area contributed by atoms with Crippen LogP contribution in [0.3, 0.4) is 0 Å². The molecule has 0 radical (unpaired) electrons. The molecule has 0 spiro atoms. The summed E-state index contributed by atoms with van der Waals surface area (Å²) in [4.78, 5) is 44.5. The number of fused-ring (bicyclic) bond motifs is 1. The number of nitrogens with two attached hydrogens (primary N) is 1. The summed E-state index contributed by atoms with van der Waals surface area (Å²) in [7, 11) is 0. The van der Waals surface area contributed by atoms with E-state index in [-0.39, 0.29) is 30.0 Å². The van der Waals surface area contributed by atoms with Crippen LogP contribution in [0.25, 0.3) is 5.57 Å². The van der Waals surface area contributed by atoms with Gasteiger partial charge in [-0.1, -0.05) is 6.07 Å². The molecule has 3 N–H and O–H groups in total. The fraction of sp³-hybridized carbons (Fsp3) is 0.478. The van der Waals surface area contributed by atoms with Crippen LogP contribution in [0.15, 0.2) is 29.4 Å². The quantitative estimate of drug-likeness (QED) is 0.696. The number of nitrogens with zero attached hydrogens (tertiary/aromatic N) is 3. The molecule has 2 aliphatic heterocycles. The van der Waals surface area contributed by atoms with E-state index in [9.17, 15) is 14.4 Å². The van der Waals surface area contributed by atoms with E-state index in [4.69, 9.17) is 10.5 Å². The van der Waals surface area contributed by atoms with Crippen molar-refractivity contribution in [2.75, 3.05) is 22.9 Å². The summed E-state index contributed by atoms with van der Waals surface area (Å²) >= 11 is 0. The first-order chi connectivity index (χ1) is 15.2. The monoisotopic (exact) mass is 441 g/mol. The number of piperidine rings is 1. The van der Waals surface area contributed by atoms with Gasteiger partial charge in [0.1, 0.15) is 0 Å². The average molecular weight is 442 g/mol. The summed E-state index contributed by atoms with van der Waals surface area (Å²) in [6, 6.07) is 5.17. The van der Waals surface area contributed by atoms with Gasteiger partial charge in [0.15, 0.2) is 0 Å². The molecule has 0 aliphatic carbocycles. The summed E-state index contributed by atoms with van der Waals surface area (Å²) in [5.41, 5.74) is 8.49. The molecule has 1 unspecified atom stereocenters. The van der Waals surface area contributed by atoms with Crippen molar-refractivity contribution in [1.29, 1.82) is 0 Å². The minimum absolute atomic E-state index is 0.0109. The number of anilines is 2. The van der Waals surface area contributed by atoms with Crippen LogP contribution < -0.4 is 20.9 Å². The summed E-state index contributed by atoms with van der Waals surface area (Å²) in [5.74, 6) is -0.113. The van der Waals surface area contributed by atoms with Gasteiger partial charge in [0.25, 0.3) is 0 Å². The number of carbonyl (C=O) groups excluding carboxylic acids is 3. The Morgan fingerprint density at radius 2 is 2.06 bits per heavy atom. The maximum Gasteiger partial charge on any atom is 0.414 e. The highest BCUT2D eigenvalue weighted by Crippen LogP contribution is 2.38. The second-order valence-electron chi connectivity index (χ2n) is 8.38. The molecular formula is C23H31N5O4. The molecule has 1 aromatic carbocycles. The van der Waals surface area contributed by atoms with Crippen molar-refractivity contribution in [2.24, 2.45) is 10.7 Å². The van der Waals surface area contributed by atoms with Crippen LogP contribution in [0, 0.1) is 0 Å². The van der Waals surface area contributed by atoms with Crippen molar-refractivity contribution in [2.45, 2.75) is 58.7 Å². The van der Waals surface area contributed by atoms with Gasteiger partial charge in [-0.2, -0.15) is 0 Å². The Labute approximate surface area is 188 Å². The van der Waals surface area contributed by atoms with E-state index in [0.717, 1.165) is 12.0 Å². The lowest BCUT2D eigenvalue weighted by atomic mass is 10.0. The SMILES string of the molecule is CC(=O)N1c2ccc(C(C=NC3CCNC(=O)C3)=CN)cc2N(C(=O)OC(C)C)C[C@@H]1C. The third kappa shape index (κ3) is 5.09. The van der Waals surface area contributed by atoms with Gasteiger partial charge in [-0.25, -0.2) is 4.79 Å². The number of hydrogen-bond acceptors (Lipinski definition) is 6. The Balaban J connectivity index is 1.96. The highest BCUT2D eigenvalue weighted by atomic mass is 16.6. The highest BCUT2D eigenvalue weighted by Gasteiger charge is 2.35. The molecule has 1 saturated heterocycles. The molecule has 0 bridgehead atoms. The minimum Gasteiger partial charge on any atom is -0.446 e. The summed E-state index contributed by atoms with van der Waals surface area (Å²) < 4.78 is 5.43. The van der Waals surface area contributed by atoms with Crippen molar-refractivity contribution in [1.82, 2.24) is 5.32 Å². The zero-order valence-corrected chi connectivity index (χ0v) is 19.0. The Hall–Kier alpha value is -3.36. The fourth-order valence-corrected chi connectivity index (χ4v) is 4.02. The van der Waals surface area contributed by atoms with Gasteiger partial charge in [0.2, 0.25) is 11.8 Å². The first kappa shape index (κ1) is 23.3. The number of aliphatic imine (C=N–C) groups is 1. The highest BCUT2D eigenvalue weighted by molar-refractivity contribution is 6.11. The molecule has 32 heavy (non-hydrogen) atoms. The van der Waals surface area contributed by atoms with Gasteiger partial charge in [0.05, 0.1) is 29.6 Å². The van der Waals surface area contributed by atoms with E-state index in [1.807, 2.05) is 25.1 Å². The molecule has 0 saturated carbocycles. The lowest BCUT2D eigenvalue weighted by Crippen LogP contribution is -2.51. The van der Waals surface area contributed by atoms with E-state index in [0.29, 0.717) is 36.5 Å². The Kier molecular flexibility index (Phi) is 7.17. The summed E-state index contributed by atoms with van der Waals surface area (Å²) in [6.45, 7) is 7.91. The van der Waals surface area contributed by atoms with Crippen LogP contribution >= 0.6 is 0 Å². The fourth-order valence-electron chi connectivity index (χ4n) is 4.02. The van der Waals surface area contributed by atoms with E-state index in [2.05, 4.69) is 10.3 Å². The summed E-state index contributed by atoms with van der Waals surface area (Å²) in [5, 5.41) is 2.79. The standard InChI is InChI=1S/C23H31N5O4/c1-14(2)32-23(31)27-13-15(3)28(16(4)29)20-6-5-17(9-21(20)27)18(11-24)12-26-19-7-8-25-22(30)10-19/h5-6,9,11-12,14-15,19H,7-8,10,13,24H2,1-4H3,(H,25,30)/t15-,19?/m0/s1. The molecule has 1 aromatic rings. The molecule has 2 heterocycles. The predicted octanol–water partition coefficient (Wildman–Crippen LogP) is 2.44. The first-order valence-corrected chi connectivity index (χ1v) is 10.9. The predicted molar refractivity (Wildman–Crippen MR) is 125 cm³/mol. The van der Waals surface area contributed by atoms with Gasteiger partial charge < -0.3 is 20.7 Å². The minimum atomic E-state index is -0.464. The second-order valence-corrected chi connectivity index (χ2v) is 8.38. The number of ether oxygens (including phenoxy) is 1. The summed E-state index contributed by atoms with van der Waals surface area (Å²) in [6.07, 6.45) is 3.49. The third-order valence-corrected chi connectivity index (χ3v) is 5.47. The number of allylic oxidation sites excluding steroid dienone is 1. The van der Waals surface area contributed by atoms with Crippen LogP contribution in [0.2, 0.25) is 0 Å². The Morgan fingerprint density at radius 1 is 1.31 bits per heavy atom. The van der Waals surface area contributed by atoms with Crippen molar-refractivity contribution in [3.63, 3.8) is 0 Å². The topological polar surface area (TPSA) is 117 Å². The van der Waals surface area contributed by atoms with E-state index >= 15 is 0 Å². The van der Waals surface area contributed by atoms with Crippen LogP contribution in [-0.4, -0.2) is 55.4 Å². The van der Waals surface area contributed by atoms with Gasteiger partial charge in [0, 0.05) is 44.4 Å². The number of nitrogens with one attached hydrogen (secondary N) is 1. The molecule has 2 aliphatic rings. The Morgan fingerprint density at radius 3 is 2.69 bits per heavy atom. The zero-order chi connectivity index (χ0) is 23.4. The van der Waals surface area contributed by atoms with E-state index < -0.39 is 6.09 Å². The van der Waals surface area contributed by atoms with Gasteiger partial charge in [-0.3, -0.25) is 19.5 Å². The smallest absolute Gasteiger partial charge is 0.414 e. The molecule has 3 rings (SSSR count). The maximum absolute atomic E-state index is 12.8. The number of rotatable bonds is 4. The van der Waals surface area contributed by atoms with Gasteiger partial charge in [-0.05, 0) is 44.9 Å². The Bertz CT molecular complexity index is 956. The largest absolute Gasteiger partial charge is 0.446 e. The van der Waals surface area contributed by atoms with E-state index in [1.165, 1.54) is 13.1 Å². The average Bonchev–Trinajstić information content (AvgIpc) is 2.72. The normalized spacial score (nSPS) is 21.5. The molecule has 9 heteroatoms. The molecular weight excluding hydrogens is 410 g/mol. The number of carbonyl (C=O) groups is 3. The van der Waals surface area contributed by atoms with Crippen molar-refractivity contribution >= 4 is 41.1 Å². The van der Waals surface area contributed by atoms with Crippen molar-refractivity contribution in [3.8, 4) is 0 Å². The number of benzene rings is 1. The molecule has 9 nitrogen and oxygen atoms in total. The lowest BCUT2D eigenvalue weighted by molar-refractivity contribution is -0.122. The number of hydrogen-bond donors (Lipinski definition) is 2. The van der Waals surface area contributed by atoms with E-state index in [1.54, 1.807) is 29.9 Å². The van der Waals surface area contributed by atoms with Gasteiger partial charge in [-0.15, -0.1) is 0 Å². The molecule has 0 aromatic heterocycles. The molecule has 2 atom stereocenters. The van der Waals surface area contributed by atoms with Crippen LogP contribution in [0.4, 0.5) is 16.2 Å². The van der Waals surface area contributed by atoms with Crippen molar-refractivity contribution in [3.05, 3.63) is 30.0 Å². The van der Waals surface area contributed by atoms with Crippen LogP contribution in [0.1, 0.15) is 46.1 Å². The third-order valence-electron chi connectivity index (χ3n) is 5.47. The molecule has 172 valence electrons. The van der Waals surface area contributed by atoms with Crippen LogP contribution in [0.5, 0.6) is 0 Å². The lowest BCUT2D eigenvalue weighted by Gasteiger charge is -2.40. The first-order valence-electron chi connectivity index (χ1n) is 10.9. The molecule has 1 fully saturated rings.